The summed E-state index contributed by atoms with van der Waals surface area (Å²) in [6, 6.07) is 5.83. The van der Waals surface area contributed by atoms with Gasteiger partial charge in [-0.05, 0) is 56.0 Å². The van der Waals surface area contributed by atoms with Crippen LogP contribution in [-0.4, -0.2) is 30.6 Å². The molecule has 0 aromatic heterocycles. The van der Waals surface area contributed by atoms with Crippen LogP contribution >= 0.6 is 11.6 Å². The van der Waals surface area contributed by atoms with Crippen molar-refractivity contribution in [1.29, 1.82) is 0 Å². The van der Waals surface area contributed by atoms with E-state index >= 15 is 0 Å². The maximum Gasteiger partial charge on any atom is 0.141 e. The van der Waals surface area contributed by atoms with Gasteiger partial charge >= 0.3 is 0 Å². The minimum Gasteiger partial charge on any atom is -0.314 e. The van der Waals surface area contributed by atoms with Gasteiger partial charge in [0, 0.05) is 19.1 Å². The third kappa shape index (κ3) is 3.68. The summed E-state index contributed by atoms with van der Waals surface area (Å²) in [6.07, 6.45) is 3.96. The molecule has 104 valence electrons. The molecule has 1 aliphatic heterocycles. The van der Waals surface area contributed by atoms with Gasteiger partial charge in [0.05, 0.1) is 5.02 Å². The largest absolute Gasteiger partial charge is 0.314 e. The van der Waals surface area contributed by atoms with Crippen molar-refractivity contribution >= 4 is 11.6 Å². The topological polar surface area (TPSA) is 15.3 Å². The van der Waals surface area contributed by atoms with E-state index in [1.165, 1.54) is 25.3 Å². The van der Waals surface area contributed by atoms with Gasteiger partial charge in [-0.15, -0.1) is 0 Å². The molecule has 1 saturated carbocycles. The molecule has 1 saturated heterocycles. The molecule has 1 N–H and O–H groups in total. The van der Waals surface area contributed by atoms with E-state index in [4.69, 9.17) is 11.6 Å². The van der Waals surface area contributed by atoms with Crippen molar-refractivity contribution in [3.8, 4) is 0 Å². The standard InChI is InChI=1S/C15H20ClFN2/c16-14-7-11(1-4-15(14)17)9-19-6-5-12(10-19)8-18-13-2-3-13/h1,4,7,12-13,18H,2-3,5-6,8-10H2. The van der Waals surface area contributed by atoms with Crippen molar-refractivity contribution in [2.75, 3.05) is 19.6 Å². The molecule has 1 unspecified atom stereocenters. The van der Waals surface area contributed by atoms with Crippen LogP contribution in [0, 0.1) is 11.7 Å². The van der Waals surface area contributed by atoms with Crippen LogP contribution in [0.3, 0.4) is 0 Å². The monoisotopic (exact) mass is 282 g/mol. The van der Waals surface area contributed by atoms with Crippen LogP contribution in [0.1, 0.15) is 24.8 Å². The molecular formula is C15H20ClFN2. The Morgan fingerprint density at radius 2 is 2.16 bits per heavy atom. The van der Waals surface area contributed by atoms with Crippen LogP contribution in [0.15, 0.2) is 18.2 Å². The molecule has 3 rings (SSSR count). The van der Waals surface area contributed by atoms with Gasteiger partial charge in [0.1, 0.15) is 5.82 Å². The van der Waals surface area contributed by atoms with Gasteiger partial charge < -0.3 is 5.32 Å². The highest BCUT2D eigenvalue weighted by atomic mass is 35.5. The highest BCUT2D eigenvalue weighted by Crippen LogP contribution is 2.23. The second-order valence-corrected chi connectivity index (χ2v) is 6.23. The zero-order valence-electron chi connectivity index (χ0n) is 11.0. The second kappa shape index (κ2) is 5.78. The van der Waals surface area contributed by atoms with Crippen LogP contribution in [0.2, 0.25) is 5.02 Å². The zero-order valence-corrected chi connectivity index (χ0v) is 11.8. The zero-order chi connectivity index (χ0) is 13.2. The van der Waals surface area contributed by atoms with Crippen molar-refractivity contribution in [1.82, 2.24) is 10.2 Å². The van der Waals surface area contributed by atoms with Gasteiger partial charge in [-0.25, -0.2) is 4.39 Å². The first kappa shape index (κ1) is 13.3. The Bertz CT molecular complexity index is 448. The van der Waals surface area contributed by atoms with Crippen LogP contribution in [0.4, 0.5) is 4.39 Å². The van der Waals surface area contributed by atoms with E-state index in [-0.39, 0.29) is 10.8 Å². The first-order valence-electron chi connectivity index (χ1n) is 7.10. The number of hydrogen-bond acceptors (Lipinski definition) is 2. The number of likely N-dealkylation sites (tertiary alicyclic amines) is 1. The lowest BCUT2D eigenvalue weighted by atomic mass is 10.1. The van der Waals surface area contributed by atoms with E-state index in [1.54, 1.807) is 6.07 Å². The number of hydrogen-bond donors (Lipinski definition) is 1. The highest BCUT2D eigenvalue weighted by Gasteiger charge is 2.26. The summed E-state index contributed by atoms with van der Waals surface area (Å²) in [5.41, 5.74) is 1.10. The van der Waals surface area contributed by atoms with Crippen LogP contribution in [-0.2, 0) is 6.54 Å². The SMILES string of the molecule is Fc1ccc(CN2CCC(CNC3CC3)C2)cc1Cl. The van der Waals surface area contributed by atoms with E-state index in [2.05, 4.69) is 10.2 Å². The van der Waals surface area contributed by atoms with E-state index in [1.807, 2.05) is 6.07 Å². The number of nitrogens with zero attached hydrogens (tertiary/aromatic N) is 1. The Labute approximate surface area is 118 Å². The molecule has 4 heteroatoms. The van der Waals surface area contributed by atoms with E-state index in [0.717, 1.165) is 43.7 Å². The maximum absolute atomic E-state index is 13.1. The Kier molecular flexibility index (Phi) is 4.06. The predicted molar refractivity (Wildman–Crippen MR) is 75.8 cm³/mol. The summed E-state index contributed by atoms with van der Waals surface area (Å²) in [4.78, 5) is 2.43. The van der Waals surface area contributed by atoms with E-state index < -0.39 is 0 Å². The molecule has 0 amide bonds. The Morgan fingerprint density at radius 1 is 1.32 bits per heavy atom. The number of rotatable bonds is 5. The fraction of sp³-hybridized carbons (Fsp3) is 0.600. The minimum atomic E-state index is -0.335. The molecule has 1 aliphatic carbocycles. The third-order valence-electron chi connectivity index (χ3n) is 4.03. The predicted octanol–water partition coefficient (Wildman–Crippen LogP) is 3.05. The lowest BCUT2D eigenvalue weighted by Crippen LogP contribution is -2.27. The first-order valence-corrected chi connectivity index (χ1v) is 7.48. The molecule has 2 nitrogen and oxygen atoms in total. The van der Waals surface area contributed by atoms with Crippen molar-refractivity contribution in [3.05, 3.63) is 34.6 Å². The molecule has 2 aliphatic rings. The summed E-state index contributed by atoms with van der Waals surface area (Å²) in [6.45, 7) is 4.28. The van der Waals surface area contributed by atoms with Crippen molar-refractivity contribution in [2.45, 2.75) is 31.8 Å². The van der Waals surface area contributed by atoms with Gasteiger partial charge in [-0.2, -0.15) is 0 Å². The average Bonchev–Trinajstić information content (AvgIpc) is 3.12. The Balaban J connectivity index is 1.48. The molecule has 0 bridgehead atoms. The number of benzene rings is 1. The molecule has 0 spiro atoms. The highest BCUT2D eigenvalue weighted by molar-refractivity contribution is 6.30. The molecule has 0 radical (unpaired) electrons. The Hall–Kier alpha value is -0.640. The summed E-state index contributed by atoms with van der Waals surface area (Å²) < 4.78 is 13.1. The molecule has 1 heterocycles. The smallest absolute Gasteiger partial charge is 0.141 e. The Morgan fingerprint density at radius 3 is 2.89 bits per heavy atom. The lowest BCUT2D eigenvalue weighted by molar-refractivity contribution is 0.314. The molecule has 19 heavy (non-hydrogen) atoms. The molecule has 1 atom stereocenters. The van der Waals surface area contributed by atoms with Gasteiger partial charge in [0.25, 0.3) is 0 Å². The fourth-order valence-corrected chi connectivity index (χ4v) is 2.94. The molecule has 1 aromatic rings. The summed E-state index contributed by atoms with van der Waals surface area (Å²) in [5.74, 6) is 0.426. The normalized spacial score (nSPS) is 24.0. The van der Waals surface area contributed by atoms with Crippen molar-refractivity contribution < 1.29 is 4.39 Å². The van der Waals surface area contributed by atoms with Gasteiger partial charge in [0.15, 0.2) is 0 Å². The third-order valence-corrected chi connectivity index (χ3v) is 4.32. The van der Waals surface area contributed by atoms with E-state index in [9.17, 15) is 4.39 Å². The van der Waals surface area contributed by atoms with Gasteiger partial charge in [-0.3, -0.25) is 4.90 Å². The maximum atomic E-state index is 13.1. The van der Waals surface area contributed by atoms with Crippen LogP contribution < -0.4 is 5.32 Å². The van der Waals surface area contributed by atoms with Gasteiger partial charge in [0.2, 0.25) is 0 Å². The number of halogens is 2. The lowest BCUT2D eigenvalue weighted by Gasteiger charge is -2.16. The van der Waals surface area contributed by atoms with E-state index in [0.29, 0.717) is 0 Å². The second-order valence-electron chi connectivity index (χ2n) is 5.82. The number of nitrogens with one attached hydrogen (secondary N) is 1. The first-order chi connectivity index (χ1) is 9.20. The quantitative estimate of drug-likeness (QED) is 0.893. The molecule has 2 fully saturated rings. The van der Waals surface area contributed by atoms with Gasteiger partial charge in [-0.1, -0.05) is 17.7 Å². The minimum absolute atomic E-state index is 0.226. The fourth-order valence-electron chi connectivity index (χ4n) is 2.74. The summed E-state index contributed by atoms with van der Waals surface area (Å²) in [7, 11) is 0. The van der Waals surface area contributed by atoms with Crippen molar-refractivity contribution in [2.24, 2.45) is 5.92 Å². The molecular weight excluding hydrogens is 263 g/mol. The molecule has 1 aromatic carbocycles. The van der Waals surface area contributed by atoms with Crippen LogP contribution in [0.5, 0.6) is 0 Å². The average molecular weight is 283 g/mol. The summed E-state index contributed by atoms with van der Waals surface area (Å²) >= 11 is 5.82. The van der Waals surface area contributed by atoms with Crippen molar-refractivity contribution in [3.63, 3.8) is 0 Å². The summed E-state index contributed by atoms with van der Waals surface area (Å²) in [5, 5.41) is 3.83. The van der Waals surface area contributed by atoms with Crippen LogP contribution in [0.25, 0.3) is 0 Å².